The van der Waals surface area contributed by atoms with Crippen molar-refractivity contribution in [2.75, 3.05) is 19.7 Å². The van der Waals surface area contributed by atoms with Gasteiger partial charge in [-0.05, 0) is 38.1 Å². The lowest BCUT2D eigenvalue weighted by molar-refractivity contribution is 0.0243. The van der Waals surface area contributed by atoms with Crippen molar-refractivity contribution in [3.05, 3.63) is 29.5 Å². The van der Waals surface area contributed by atoms with Gasteiger partial charge in [-0.2, -0.15) is 0 Å². The van der Waals surface area contributed by atoms with Crippen LogP contribution in [0.2, 0.25) is 0 Å². The lowest BCUT2D eigenvalue weighted by atomic mass is 10.0. The summed E-state index contributed by atoms with van der Waals surface area (Å²) in [7, 11) is 0. The van der Waals surface area contributed by atoms with Gasteiger partial charge in [-0.1, -0.05) is 6.07 Å². The molecule has 0 spiro atoms. The number of thiophene rings is 1. The second kappa shape index (κ2) is 7.81. The molecule has 1 fully saturated rings. The number of rotatable bonds is 6. The summed E-state index contributed by atoms with van der Waals surface area (Å²) in [6.07, 6.45) is 3.87. The number of nitrogens with zero attached hydrogens (tertiary/aromatic N) is 2. The molecule has 1 aliphatic rings. The van der Waals surface area contributed by atoms with Crippen molar-refractivity contribution in [1.29, 1.82) is 0 Å². The lowest BCUT2D eigenvalue weighted by Gasteiger charge is -2.24. The number of oxazole rings is 1. The van der Waals surface area contributed by atoms with Crippen LogP contribution in [0.25, 0.3) is 10.8 Å². The van der Waals surface area contributed by atoms with Crippen LogP contribution in [-0.2, 0) is 11.3 Å². The Bertz CT molecular complexity index is 660. The minimum Gasteiger partial charge on any atom is -0.443 e. The molecule has 0 aromatic carbocycles. The number of hydrogen-bond acceptors (Lipinski definition) is 5. The summed E-state index contributed by atoms with van der Waals surface area (Å²) in [5, 5.41) is 8.63. The molecule has 1 saturated heterocycles. The van der Waals surface area contributed by atoms with E-state index in [2.05, 4.69) is 34.5 Å². The zero-order valence-corrected chi connectivity index (χ0v) is 15.0. The van der Waals surface area contributed by atoms with Gasteiger partial charge in [-0.15, -0.1) is 11.3 Å². The molecule has 2 aromatic heterocycles. The van der Waals surface area contributed by atoms with Crippen molar-refractivity contribution >= 4 is 17.3 Å². The summed E-state index contributed by atoms with van der Waals surface area (Å²) in [6.45, 7) is 7.07. The summed E-state index contributed by atoms with van der Waals surface area (Å²) < 4.78 is 11.3. The zero-order chi connectivity index (χ0) is 16.8. The normalized spacial score (nSPS) is 21.2. The summed E-state index contributed by atoms with van der Waals surface area (Å²) in [5.74, 6) is 1.43. The maximum atomic E-state index is 5.80. The molecule has 0 amide bonds. The fourth-order valence-electron chi connectivity index (χ4n) is 2.64. The van der Waals surface area contributed by atoms with Crippen LogP contribution >= 0.6 is 11.3 Å². The summed E-state index contributed by atoms with van der Waals surface area (Å²) in [5.41, 5.74) is 0.718. The van der Waals surface area contributed by atoms with Crippen molar-refractivity contribution in [3.8, 4) is 10.8 Å². The molecule has 6 nitrogen and oxygen atoms in total. The van der Waals surface area contributed by atoms with Crippen LogP contribution < -0.4 is 10.6 Å². The van der Waals surface area contributed by atoms with Crippen LogP contribution in [0.15, 0.2) is 33.2 Å². The van der Waals surface area contributed by atoms with Crippen molar-refractivity contribution < 1.29 is 9.15 Å². The van der Waals surface area contributed by atoms with E-state index in [-0.39, 0.29) is 5.60 Å². The van der Waals surface area contributed by atoms with Gasteiger partial charge in [-0.25, -0.2) is 9.98 Å². The third-order valence-electron chi connectivity index (χ3n) is 3.96. The summed E-state index contributed by atoms with van der Waals surface area (Å²) in [6, 6.07) is 3.98. The second-order valence-electron chi connectivity index (χ2n) is 6.07. The topological polar surface area (TPSA) is 71.7 Å². The predicted octanol–water partition coefficient (Wildman–Crippen LogP) is 3.03. The average molecular weight is 348 g/mol. The molecular weight excluding hydrogens is 324 g/mol. The van der Waals surface area contributed by atoms with Crippen LogP contribution in [0.1, 0.15) is 32.4 Å². The fraction of sp³-hybridized carbons (Fsp3) is 0.529. The van der Waals surface area contributed by atoms with Gasteiger partial charge < -0.3 is 19.8 Å². The monoisotopic (exact) mass is 348 g/mol. The third-order valence-corrected chi connectivity index (χ3v) is 4.82. The molecule has 0 bridgehead atoms. The van der Waals surface area contributed by atoms with Crippen LogP contribution in [0.4, 0.5) is 0 Å². The molecule has 1 unspecified atom stereocenters. The van der Waals surface area contributed by atoms with Gasteiger partial charge in [0.25, 0.3) is 0 Å². The van der Waals surface area contributed by atoms with Gasteiger partial charge in [0, 0.05) is 19.7 Å². The van der Waals surface area contributed by atoms with Gasteiger partial charge >= 0.3 is 0 Å². The molecular formula is C17H24N4O2S. The Balaban J connectivity index is 1.59. The summed E-state index contributed by atoms with van der Waals surface area (Å²) >= 11 is 1.61. The minimum atomic E-state index is -0.101. The van der Waals surface area contributed by atoms with E-state index < -0.39 is 0 Å². The Hall–Kier alpha value is -1.86. The standard InChI is InChI=1S/C17H24N4O2S/c1-3-18-16(20-12-17(2)7-5-8-23-17)19-10-13-11-22-15(21-13)14-6-4-9-24-14/h4,6,9,11H,3,5,7-8,10,12H2,1-2H3,(H2,18,19,20). The first kappa shape index (κ1) is 17.0. The van der Waals surface area contributed by atoms with E-state index >= 15 is 0 Å². The van der Waals surface area contributed by atoms with Crippen molar-refractivity contribution in [1.82, 2.24) is 15.6 Å². The van der Waals surface area contributed by atoms with E-state index in [1.165, 1.54) is 0 Å². The van der Waals surface area contributed by atoms with E-state index in [1.54, 1.807) is 17.6 Å². The molecule has 1 atom stereocenters. The molecule has 2 N–H and O–H groups in total. The number of aromatic nitrogens is 1. The number of guanidine groups is 1. The Kier molecular flexibility index (Phi) is 5.52. The molecule has 130 valence electrons. The fourth-order valence-corrected chi connectivity index (χ4v) is 3.30. The Labute approximate surface area is 146 Å². The molecule has 1 aliphatic heterocycles. The number of hydrogen-bond donors (Lipinski definition) is 2. The SMILES string of the molecule is CCNC(=NCc1coc(-c2cccs2)n1)NCC1(C)CCCO1. The quantitative estimate of drug-likeness (QED) is 0.620. The molecule has 0 aliphatic carbocycles. The van der Waals surface area contributed by atoms with Gasteiger partial charge in [0.1, 0.15) is 12.0 Å². The predicted molar refractivity (Wildman–Crippen MR) is 96.2 cm³/mol. The first-order valence-corrected chi connectivity index (χ1v) is 9.21. The van der Waals surface area contributed by atoms with E-state index in [0.717, 1.165) is 49.1 Å². The van der Waals surface area contributed by atoms with E-state index in [1.807, 2.05) is 17.5 Å². The Morgan fingerprint density at radius 2 is 2.38 bits per heavy atom. The largest absolute Gasteiger partial charge is 0.443 e. The van der Waals surface area contributed by atoms with Crippen molar-refractivity contribution in [2.45, 2.75) is 38.8 Å². The summed E-state index contributed by atoms with van der Waals surface area (Å²) in [4.78, 5) is 10.1. The van der Waals surface area contributed by atoms with E-state index in [9.17, 15) is 0 Å². The number of ether oxygens (including phenoxy) is 1. The van der Waals surface area contributed by atoms with Crippen molar-refractivity contribution in [3.63, 3.8) is 0 Å². The third kappa shape index (κ3) is 4.36. The maximum absolute atomic E-state index is 5.80. The molecule has 3 heterocycles. The second-order valence-corrected chi connectivity index (χ2v) is 7.02. The highest BCUT2D eigenvalue weighted by Crippen LogP contribution is 2.24. The minimum absolute atomic E-state index is 0.101. The van der Waals surface area contributed by atoms with Crippen molar-refractivity contribution in [2.24, 2.45) is 4.99 Å². The first-order valence-electron chi connectivity index (χ1n) is 8.33. The molecule has 0 saturated carbocycles. The van der Waals surface area contributed by atoms with Crippen LogP contribution in [0.5, 0.6) is 0 Å². The number of aliphatic imine (C=N–C) groups is 1. The molecule has 3 rings (SSSR count). The van der Waals surface area contributed by atoms with Gasteiger partial charge in [0.15, 0.2) is 5.96 Å². The van der Waals surface area contributed by atoms with Gasteiger partial charge in [0.05, 0.1) is 17.0 Å². The van der Waals surface area contributed by atoms with Gasteiger partial charge in [0.2, 0.25) is 5.89 Å². The smallest absolute Gasteiger partial charge is 0.236 e. The highest BCUT2D eigenvalue weighted by Gasteiger charge is 2.29. The van der Waals surface area contributed by atoms with Gasteiger partial charge in [-0.3, -0.25) is 0 Å². The Morgan fingerprint density at radius 1 is 1.46 bits per heavy atom. The van der Waals surface area contributed by atoms with Crippen LogP contribution in [0.3, 0.4) is 0 Å². The lowest BCUT2D eigenvalue weighted by Crippen LogP contribution is -2.45. The molecule has 0 radical (unpaired) electrons. The van der Waals surface area contributed by atoms with Crippen LogP contribution in [-0.4, -0.2) is 36.2 Å². The number of nitrogens with one attached hydrogen (secondary N) is 2. The highest BCUT2D eigenvalue weighted by molar-refractivity contribution is 7.13. The molecule has 2 aromatic rings. The van der Waals surface area contributed by atoms with Crippen LogP contribution in [0, 0.1) is 0 Å². The molecule has 24 heavy (non-hydrogen) atoms. The highest BCUT2D eigenvalue weighted by atomic mass is 32.1. The molecule has 7 heteroatoms. The zero-order valence-electron chi connectivity index (χ0n) is 14.2. The van der Waals surface area contributed by atoms with E-state index in [4.69, 9.17) is 9.15 Å². The average Bonchev–Trinajstić information content (AvgIpc) is 3.31. The first-order chi connectivity index (χ1) is 11.7. The maximum Gasteiger partial charge on any atom is 0.236 e. The van der Waals surface area contributed by atoms with E-state index in [0.29, 0.717) is 12.4 Å². The Morgan fingerprint density at radius 3 is 3.08 bits per heavy atom.